The van der Waals surface area contributed by atoms with Crippen LogP contribution in [0.15, 0.2) is 0 Å². The van der Waals surface area contributed by atoms with Gasteiger partial charge in [-0.25, -0.2) is 0 Å². The minimum atomic E-state index is -2.43. The van der Waals surface area contributed by atoms with Gasteiger partial charge in [-0.05, 0) is 0 Å². The molecule has 31 valence electrons. The zero-order valence-corrected chi connectivity index (χ0v) is 6.76. The Bertz CT molecular complexity index is 22.4. The molecule has 0 aliphatic carbocycles. The molecule has 1 nitrogen and oxygen atoms in total. The Labute approximate surface area is 37.4 Å². The molecule has 0 spiro atoms. The molecular formula is C3H9OSn. The van der Waals surface area contributed by atoms with Crippen molar-refractivity contribution in [2.45, 2.75) is 14.8 Å². The summed E-state index contributed by atoms with van der Waals surface area (Å²) >= 11 is -2.43. The monoisotopic (exact) mass is 181 g/mol. The van der Waals surface area contributed by atoms with E-state index < -0.39 is 18.8 Å². The van der Waals surface area contributed by atoms with Gasteiger partial charge in [0, 0.05) is 0 Å². The molecule has 5 heavy (non-hydrogen) atoms. The third kappa shape index (κ3) is 62.9. The Hall–Kier alpha value is 0.759. The van der Waals surface area contributed by atoms with Crippen LogP contribution >= 0.6 is 0 Å². The van der Waals surface area contributed by atoms with Crippen molar-refractivity contribution in [3.8, 4) is 0 Å². The second kappa shape index (κ2) is 1.47. The van der Waals surface area contributed by atoms with Crippen molar-refractivity contribution < 1.29 is 3.44 Å². The van der Waals surface area contributed by atoms with Gasteiger partial charge in [0.05, 0.1) is 0 Å². The summed E-state index contributed by atoms with van der Waals surface area (Å²) in [6.07, 6.45) is 0. The number of hydrogen-bond acceptors (Lipinski definition) is 0. The molecule has 0 unspecified atom stereocenters. The van der Waals surface area contributed by atoms with Gasteiger partial charge in [0.15, 0.2) is 0 Å². The van der Waals surface area contributed by atoms with Gasteiger partial charge < -0.3 is 0 Å². The summed E-state index contributed by atoms with van der Waals surface area (Å²) in [5.41, 5.74) is 0. The Morgan fingerprint density at radius 1 is 1.20 bits per heavy atom. The van der Waals surface area contributed by atoms with Crippen LogP contribution in [0.25, 0.3) is 0 Å². The Kier molecular flexibility index (Phi) is 1.70. The average Bonchev–Trinajstić information content (AvgIpc) is 0.722. The van der Waals surface area contributed by atoms with Crippen molar-refractivity contribution in [1.29, 1.82) is 0 Å². The van der Waals surface area contributed by atoms with Crippen molar-refractivity contribution in [1.82, 2.24) is 0 Å². The van der Waals surface area contributed by atoms with Crippen molar-refractivity contribution in [2.24, 2.45) is 0 Å². The zero-order chi connectivity index (χ0) is 4.50. The molecule has 0 aromatic carbocycles. The molecule has 0 aliphatic rings. The molecule has 0 bridgehead atoms. The van der Waals surface area contributed by atoms with Crippen molar-refractivity contribution >= 4 is 18.8 Å². The second-order valence-corrected chi connectivity index (χ2v) is 14.2. The summed E-state index contributed by atoms with van der Waals surface area (Å²) in [6.45, 7) is 0. The molecule has 0 rings (SSSR count). The van der Waals surface area contributed by atoms with E-state index in [0.717, 1.165) is 0 Å². The molecule has 2 heteroatoms. The molecular weight excluding hydrogens is 171 g/mol. The summed E-state index contributed by atoms with van der Waals surface area (Å²) in [7, 11) is 0. The van der Waals surface area contributed by atoms with Crippen LogP contribution in [0.2, 0.25) is 14.8 Å². The van der Waals surface area contributed by atoms with Gasteiger partial charge in [0.25, 0.3) is 0 Å². The summed E-state index contributed by atoms with van der Waals surface area (Å²) in [5.74, 6) is 0. The molecule has 0 saturated heterocycles. The summed E-state index contributed by atoms with van der Waals surface area (Å²) in [4.78, 5) is 5.53. The van der Waals surface area contributed by atoms with E-state index in [-0.39, 0.29) is 0 Å². The van der Waals surface area contributed by atoms with E-state index in [9.17, 15) is 3.44 Å². The Balaban J connectivity index is 3.02. The van der Waals surface area contributed by atoms with Gasteiger partial charge in [0.1, 0.15) is 0 Å². The quantitative estimate of drug-likeness (QED) is 0.499. The maximum absolute atomic E-state index is 10.3. The topological polar surface area (TPSA) is 19.9 Å². The van der Waals surface area contributed by atoms with Gasteiger partial charge in [-0.15, -0.1) is 0 Å². The number of rotatable bonds is 0. The first-order valence-corrected chi connectivity index (χ1v) is 11.4. The fourth-order valence-electron chi connectivity index (χ4n) is 0. The Morgan fingerprint density at radius 3 is 1.20 bits per heavy atom. The van der Waals surface area contributed by atoms with Crippen LogP contribution in [-0.4, -0.2) is 18.8 Å². The molecule has 0 aliphatic heterocycles. The van der Waals surface area contributed by atoms with Crippen LogP contribution in [0, 0.1) is 0 Å². The standard InChI is InChI=1S/3CH3.O.Sn/h3*1H3;;. The first-order chi connectivity index (χ1) is 2.00. The van der Waals surface area contributed by atoms with E-state index in [0.29, 0.717) is 0 Å². The van der Waals surface area contributed by atoms with E-state index >= 15 is 0 Å². The van der Waals surface area contributed by atoms with Gasteiger partial charge in [0.2, 0.25) is 0 Å². The fraction of sp³-hybridized carbons (Fsp3) is 1.00. The van der Waals surface area contributed by atoms with Crippen LogP contribution in [-0.2, 0) is 3.44 Å². The summed E-state index contributed by atoms with van der Waals surface area (Å²) in [6, 6.07) is 0. The fourth-order valence-corrected chi connectivity index (χ4v) is 0. The molecule has 0 saturated carbocycles. The van der Waals surface area contributed by atoms with E-state index in [4.69, 9.17) is 0 Å². The van der Waals surface area contributed by atoms with E-state index in [2.05, 4.69) is 0 Å². The van der Waals surface area contributed by atoms with Gasteiger partial charge in [-0.3, -0.25) is 0 Å². The van der Waals surface area contributed by atoms with Crippen molar-refractivity contribution in [3.63, 3.8) is 0 Å². The van der Waals surface area contributed by atoms with Crippen molar-refractivity contribution in [2.75, 3.05) is 0 Å². The average molecular weight is 180 g/mol. The molecule has 0 amide bonds. The van der Waals surface area contributed by atoms with Gasteiger partial charge >= 0.3 is 37.1 Å². The molecule has 0 heterocycles. The normalized spacial score (nSPS) is 12.0. The molecule has 0 aromatic heterocycles. The number of hydrogen-bond donors (Lipinski definition) is 0. The minimum absolute atomic E-state index is 1.84. The van der Waals surface area contributed by atoms with Crippen molar-refractivity contribution in [3.05, 3.63) is 0 Å². The second-order valence-electron chi connectivity index (χ2n) is 2.11. The Morgan fingerprint density at radius 2 is 1.20 bits per heavy atom. The third-order valence-electron chi connectivity index (χ3n) is 0. The summed E-state index contributed by atoms with van der Waals surface area (Å²) in [5, 5.41) is 0. The summed E-state index contributed by atoms with van der Waals surface area (Å²) < 4.78 is 10.3. The molecule has 0 N–H and O–H groups in total. The van der Waals surface area contributed by atoms with Gasteiger partial charge in [-0.1, -0.05) is 0 Å². The van der Waals surface area contributed by atoms with E-state index in [1.807, 2.05) is 14.8 Å². The first kappa shape index (κ1) is 5.76. The predicted octanol–water partition coefficient (Wildman–Crippen LogP) is 1.25. The van der Waals surface area contributed by atoms with Gasteiger partial charge in [-0.2, -0.15) is 0 Å². The maximum atomic E-state index is 10.3. The van der Waals surface area contributed by atoms with Crippen LogP contribution in [0.4, 0.5) is 0 Å². The van der Waals surface area contributed by atoms with Crippen LogP contribution in [0.1, 0.15) is 0 Å². The van der Waals surface area contributed by atoms with Crippen LogP contribution < -0.4 is 0 Å². The molecule has 0 aromatic rings. The molecule has 0 fully saturated rings. The van der Waals surface area contributed by atoms with E-state index in [1.165, 1.54) is 0 Å². The SMILES string of the molecule is [CH3][Sn]([CH3])([CH3])[O]. The first-order valence-electron chi connectivity index (χ1n) is 1.70. The molecule has 1 radical (unpaired) electrons. The van der Waals surface area contributed by atoms with Crippen LogP contribution in [0.5, 0.6) is 0 Å². The third-order valence-corrected chi connectivity index (χ3v) is 0. The van der Waals surface area contributed by atoms with E-state index in [1.54, 1.807) is 0 Å². The predicted molar refractivity (Wildman–Crippen MR) is 24.0 cm³/mol. The molecule has 0 atom stereocenters. The zero-order valence-electron chi connectivity index (χ0n) is 3.91. The van der Waals surface area contributed by atoms with Crippen LogP contribution in [0.3, 0.4) is 0 Å².